The molecule has 0 radical (unpaired) electrons. The van der Waals surface area contributed by atoms with Crippen LogP contribution in [-0.4, -0.2) is 67.5 Å². The van der Waals surface area contributed by atoms with Crippen molar-refractivity contribution in [3.63, 3.8) is 0 Å². The second-order valence-electron chi connectivity index (χ2n) is 7.30. The van der Waals surface area contributed by atoms with Gasteiger partial charge in [-0.2, -0.15) is 0 Å². The highest BCUT2D eigenvalue weighted by Gasteiger charge is 2.39. The average Bonchev–Trinajstić information content (AvgIpc) is 3.32. The van der Waals surface area contributed by atoms with E-state index in [2.05, 4.69) is 15.2 Å². The normalized spacial score (nSPS) is 19.0. The SMILES string of the molecule is COC(=O)c1[nH]c2ccc(Cl)cc2c1NC(=O)CCN1CCC2(CC1)OCCO2. The van der Waals surface area contributed by atoms with Crippen molar-refractivity contribution in [1.82, 2.24) is 9.88 Å². The lowest BCUT2D eigenvalue weighted by Crippen LogP contribution is -2.45. The minimum atomic E-state index is -0.550. The Labute approximate surface area is 173 Å². The van der Waals surface area contributed by atoms with E-state index in [4.69, 9.17) is 25.8 Å². The fourth-order valence-electron chi connectivity index (χ4n) is 3.91. The summed E-state index contributed by atoms with van der Waals surface area (Å²) in [6.45, 7) is 3.57. The number of carbonyl (C=O) groups excluding carboxylic acids is 2. The van der Waals surface area contributed by atoms with E-state index in [0.29, 0.717) is 47.8 Å². The van der Waals surface area contributed by atoms with Crippen LogP contribution in [0.3, 0.4) is 0 Å². The molecule has 1 aromatic carbocycles. The van der Waals surface area contributed by atoms with Crippen LogP contribution in [0.15, 0.2) is 18.2 Å². The van der Waals surface area contributed by atoms with Crippen LogP contribution < -0.4 is 5.32 Å². The number of aromatic amines is 1. The number of rotatable bonds is 5. The molecular formula is C20H24ClN3O5. The third-order valence-corrected chi connectivity index (χ3v) is 5.74. The Balaban J connectivity index is 1.40. The Bertz CT molecular complexity index is 912. The molecule has 3 heterocycles. The highest BCUT2D eigenvalue weighted by atomic mass is 35.5. The number of halogens is 1. The number of fused-ring (bicyclic) bond motifs is 1. The van der Waals surface area contributed by atoms with E-state index >= 15 is 0 Å². The molecule has 0 aliphatic carbocycles. The first-order valence-corrected chi connectivity index (χ1v) is 10.1. The summed E-state index contributed by atoms with van der Waals surface area (Å²) in [6.07, 6.45) is 1.92. The lowest BCUT2D eigenvalue weighted by Gasteiger charge is -2.37. The van der Waals surface area contributed by atoms with Crippen molar-refractivity contribution in [2.45, 2.75) is 25.0 Å². The Hall–Kier alpha value is -2.13. The summed E-state index contributed by atoms with van der Waals surface area (Å²) in [7, 11) is 1.30. The predicted octanol–water partition coefficient (Wildman–Crippen LogP) is 2.78. The molecule has 156 valence electrons. The largest absolute Gasteiger partial charge is 0.464 e. The molecule has 4 rings (SSSR count). The van der Waals surface area contributed by atoms with Gasteiger partial charge in [-0.15, -0.1) is 0 Å². The summed E-state index contributed by atoms with van der Waals surface area (Å²) < 4.78 is 16.3. The number of carbonyl (C=O) groups is 2. The number of ether oxygens (including phenoxy) is 3. The molecule has 29 heavy (non-hydrogen) atoms. The number of esters is 1. The molecule has 0 unspecified atom stereocenters. The lowest BCUT2D eigenvalue weighted by atomic mass is 10.0. The van der Waals surface area contributed by atoms with Crippen molar-refractivity contribution in [3.05, 3.63) is 28.9 Å². The highest BCUT2D eigenvalue weighted by Crippen LogP contribution is 2.32. The fourth-order valence-corrected chi connectivity index (χ4v) is 4.09. The second kappa shape index (κ2) is 8.31. The molecule has 2 N–H and O–H groups in total. The van der Waals surface area contributed by atoms with E-state index < -0.39 is 11.8 Å². The van der Waals surface area contributed by atoms with E-state index in [9.17, 15) is 9.59 Å². The second-order valence-corrected chi connectivity index (χ2v) is 7.74. The van der Waals surface area contributed by atoms with Gasteiger partial charge in [0.25, 0.3) is 0 Å². The Morgan fingerprint density at radius 3 is 2.69 bits per heavy atom. The molecular weight excluding hydrogens is 398 g/mol. The summed E-state index contributed by atoms with van der Waals surface area (Å²) in [5.41, 5.74) is 1.29. The monoisotopic (exact) mass is 421 g/mol. The molecule has 1 spiro atoms. The number of nitrogens with one attached hydrogen (secondary N) is 2. The molecule has 2 aromatic rings. The quantitative estimate of drug-likeness (QED) is 0.721. The van der Waals surface area contributed by atoms with Gasteiger partial charge in [0.05, 0.1) is 26.0 Å². The number of methoxy groups -OCH3 is 1. The Morgan fingerprint density at radius 1 is 1.28 bits per heavy atom. The van der Waals surface area contributed by atoms with Gasteiger partial charge in [-0.25, -0.2) is 4.79 Å². The molecule has 1 amide bonds. The number of hydrogen-bond acceptors (Lipinski definition) is 6. The van der Waals surface area contributed by atoms with Crippen LogP contribution in [0.1, 0.15) is 29.8 Å². The molecule has 8 nitrogen and oxygen atoms in total. The number of piperidine rings is 1. The van der Waals surface area contributed by atoms with E-state index in [1.807, 2.05) is 0 Å². The van der Waals surface area contributed by atoms with Gasteiger partial charge in [0.1, 0.15) is 5.69 Å². The zero-order valence-electron chi connectivity index (χ0n) is 16.3. The summed E-state index contributed by atoms with van der Waals surface area (Å²) >= 11 is 6.09. The number of amides is 1. The van der Waals surface area contributed by atoms with E-state index in [1.54, 1.807) is 18.2 Å². The summed E-state index contributed by atoms with van der Waals surface area (Å²) in [5.74, 6) is -1.15. The van der Waals surface area contributed by atoms with Gasteiger partial charge < -0.3 is 29.4 Å². The van der Waals surface area contributed by atoms with E-state index in [1.165, 1.54) is 7.11 Å². The van der Waals surface area contributed by atoms with Gasteiger partial charge >= 0.3 is 5.97 Å². The highest BCUT2D eigenvalue weighted by molar-refractivity contribution is 6.31. The number of likely N-dealkylation sites (tertiary alicyclic amines) is 1. The summed E-state index contributed by atoms with van der Waals surface area (Å²) in [5, 5.41) is 4.04. The molecule has 9 heteroatoms. The maximum atomic E-state index is 12.6. The smallest absolute Gasteiger partial charge is 0.356 e. The third-order valence-electron chi connectivity index (χ3n) is 5.50. The van der Waals surface area contributed by atoms with Gasteiger partial charge in [-0.05, 0) is 18.2 Å². The fraction of sp³-hybridized carbons (Fsp3) is 0.500. The molecule has 2 saturated heterocycles. The van der Waals surface area contributed by atoms with Gasteiger partial charge in [-0.3, -0.25) is 4.79 Å². The van der Waals surface area contributed by atoms with Crippen molar-refractivity contribution in [2.24, 2.45) is 0 Å². The number of H-pyrrole nitrogens is 1. The molecule has 0 bridgehead atoms. The van der Waals surface area contributed by atoms with Crippen molar-refractivity contribution >= 4 is 40.1 Å². The van der Waals surface area contributed by atoms with E-state index in [0.717, 1.165) is 25.9 Å². The number of aromatic nitrogens is 1. The summed E-state index contributed by atoms with van der Waals surface area (Å²) in [4.78, 5) is 30.0. The van der Waals surface area contributed by atoms with Crippen LogP contribution >= 0.6 is 11.6 Å². The van der Waals surface area contributed by atoms with Crippen molar-refractivity contribution < 1.29 is 23.8 Å². The number of benzene rings is 1. The molecule has 0 atom stereocenters. The minimum Gasteiger partial charge on any atom is -0.464 e. The molecule has 0 saturated carbocycles. The zero-order chi connectivity index (χ0) is 20.4. The van der Waals surface area contributed by atoms with Crippen molar-refractivity contribution in [2.75, 3.05) is 45.3 Å². The van der Waals surface area contributed by atoms with Gasteiger partial charge in [0, 0.05) is 54.8 Å². The van der Waals surface area contributed by atoms with Gasteiger partial charge in [0.15, 0.2) is 5.79 Å². The predicted molar refractivity (Wildman–Crippen MR) is 108 cm³/mol. The first-order valence-electron chi connectivity index (χ1n) is 9.69. The molecule has 2 fully saturated rings. The maximum absolute atomic E-state index is 12.6. The maximum Gasteiger partial charge on any atom is 0.356 e. The third kappa shape index (κ3) is 4.25. The van der Waals surface area contributed by atoms with Gasteiger partial charge in [-0.1, -0.05) is 11.6 Å². The van der Waals surface area contributed by atoms with Crippen LogP contribution in [-0.2, 0) is 19.0 Å². The number of nitrogens with zero attached hydrogens (tertiary/aromatic N) is 1. The van der Waals surface area contributed by atoms with Crippen LogP contribution in [0.2, 0.25) is 5.02 Å². The standard InChI is InChI=1S/C20H24ClN3O5/c1-27-19(26)18-17(14-12-13(21)2-3-15(14)22-18)23-16(25)4-7-24-8-5-20(6-9-24)28-10-11-29-20/h2-3,12,22H,4-11H2,1H3,(H,23,25). The van der Waals surface area contributed by atoms with Crippen LogP contribution in [0.4, 0.5) is 5.69 Å². The van der Waals surface area contributed by atoms with Gasteiger partial charge in [0.2, 0.25) is 5.91 Å². The Morgan fingerprint density at radius 2 is 2.00 bits per heavy atom. The van der Waals surface area contributed by atoms with E-state index in [-0.39, 0.29) is 11.6 Å². The van der Waals surface area contributed by atoms with Crippen molar-refractivity contribution in [1.29, 1.82) is 0 Å². The molecule has 2 aliphatic heterocycles. The number of anilines is 1. The Kier molecular flexibility index (Phi) is 5.78. The van der Waals surface area contributed by atoms with Crippen LogP contribution in [0.5, 0.6) is 0 Å². The number of hydrogen-bond donors (Lipinski definition) is 2. The van der Waals surface area contributed by atoms with Crippen LogP contribution in [0, 0.1) is 0 Å². The topological polar surface area (TPSA) is 92.9 Å². The minimum absolute atomic E-state index is 0.176. The average molecular weight is 422 g/mol. The zero-order valence-corrected chi connectivity index (χ0v) is 17.0. The molecule has 1 aromatic heterocycles. The van der Waals surface area contributed by atoms with Crippen molar-refractivity contribution in [3.8, 4) is 0 Å². The van der Waals surface area contributed by atoms with Crippen LogP contribution in [0.25, 0.3) is 10.9 Å². The first-order chi connectivity index (χ1) is 14.0. The lowest BCUT2D eigenvalue weighted by molar-refractivity contribution is -0.185. The molecule has 2 aliphatic rings. The summed E-state index contributed by atoms with van der Waals surface area (Å²) in [6, 6.07) is 5.19. The first kappa shape index (κ1) is 20.2.